The van der Waals surface area contributed by atoms with Gasteiger partial charge in [-0.25, -0.2) is 8.42 Å². The van der Waals surface area contributed by atoms with Crippen LogP contribution in [0, 0.1) is 0 Å². The van der Waals surface area contributed by atoms with Crippen molar-refractivity contribution in [2.45, 2.75) is 4.90 Å². The van der Waals surface area contributed by atoms with Gasteiger partial charge in [-0.15, -0.1) is 0 Å². The predicted octanol–water partition coefficient (Wildman–Crippen LogP) is 0.646. The highest BCUT2D eigenvalue weighted by atomic mass is 32.2. The van der Waals surface area contributed by atoms with Crippen LogP contribution in [0.1, 0.15) is 0 Å². The Bertz CT molecular complexity index is 386. The summed E-state index contributed by atoms with van der Waals surface area (Å²) in [6.07, 6.45) is 0. The molecule has 0 heterocycles. The summed E-state index contributed by atoms with van der Waals surface area (Å²) in [4.78, 5) is 0.122. The van der Waals surface area contributed by atoms with Crippen molar-refractivity contribution in [3.8, 4) is 0 Å². The molecule has 72 valence electrons. The Kier molecular flexibility index (Phi) is 2.90. The first-order chi connectivity index (χ1) is 6.08. The first-order valence-corrected chi connectivity index (χ1v) is 5.29. The molecular formula is C8H11NO3S. The number of anilines is 1. The van der Waals surface area contributed by atoms with Gasteiger partial charge in [0.2, 0.25) is 9.84 Å². The molecule has 0 unspecified atom stereocenters. The number of para-hydroxylation sites is 1. The van der Waals surface area contributed by atoms with E-state index in [0.717, 1.165) is 0 Å². The fourth-order valence-electron chi connectivity index (χ4n) is 0.982. The summed E-state index contributed by atoms with van der Waals surface area (Å²) in [5.41, 5.74) is 5.75. The van der Waals surface area contributed by atoms with Gasteiger partial charge in [0, 0.05) is 7.11 Å². The van der Waals surface area contributed by atoms with Gasteiger partial charge < -0.3 is 10.5 Å². The standard InChI is InChI=1S/C8H11NO3S/c1-12-6-13(10,11)8-5-3-2-4-7(8)9/h2-5H,6,9H2,1H3. The zero-order chi connectivity index (χ0) is 9.90. The van der Waals surface area contributed by atoms with Crippen LogP contribution in [-0.2, 0) is 14.6 Å². The van der Waals surface area contributed by atoms with E-state index in [-0.39, 0.29) is 16.5 Å². The fraction of sp³-hybridized carbons (Fsp3) is 0.250. The third-order valence-corrected chi connectivity index (χ3v) is 3.11. The number of hydrogen-bond acceptors (Lipinski definition) is 4. The van der Waals surface area contributed by atoms with E-state index in [1.807, 2.05) is 0 Å². The molecule has 0 radical (unpaired) electrons. The summed E-state index contributed by atoms with van der Waals surface area (Å²) in [7, 11) is -2.06. The predicted molar refractivity (Wildman–Crippen MR) is 49.9 cm³/mol. The summed E-state index contributed by atoms with van der Waals surface area (Å²) in [5.74, 6) is -0.346. The van der Waals surface area contributed by atoms with E-state index in [1.54, 1.807) is 18.2 Å². The van der Waals surface area contributed by atoms with E-state index in [1.165, 1.54) is 13.2 Å². The Morgan fingerprint density at radius 2 is 2.00 bits per heavy atom. The minimum atomic E-state index is -3.39. The molecule has 1 aromatic rings. The molecule has 0 aromatic heterocycles. The second-order valence-corrected chi connectivity index (χ2v) is 4.46. The monoisotopic (exact) mass is 201 g/mol. The van der Waals surface area contributed by atoms with Crippen molar-refractivity contribution < 1.29 is 13.2 Å². The molecule has 0 bridgehead atoms. The van der Waals surface area contributed by atoms with Gasteiger partial charge in [0.1, 0.15) is 0 Å². The van der Waals surface area contributed by atoms with Gasteiger partial charge in [-0.1, -0.05) is 12.1 Å². The van der Waals surface area contributed by atoms with Gasteiger partial charge in [0.25, 0.3) is 0 Å². The highest BCUT2D eigenvalue weighted by molar-refractivity contribution is 7.91. The maximum Gasteiger partial charge on any atom is 0.204 e. The molecule has 13 heavy (non-hydrogen) atoms. The topological polar surface area (TPSA) is 69.4 Å². The lowest BCUT2D eigenvalue weighted by Gasteiger charge is -2.05. The number of hydrogen-bond donors (Lipinski definition) is 1. The molecule has 5 heteroatoms. The van der Waals surface area contributed by atoms with Crippen LogP contribution < -0.4 is 5.73 Å². The second-order valence-electron chi connectivity index (χ2n) is 2.56. The molecule has 0 aliphatic heterocycles. The summed E-state index contributed by atoms with van der Waals surface area (Å²) in [5, 5.41) is 0. The van der Waals surface area contributed by atoms with Gasteiger partial charge in [0.05, 0.1) is 10.6 Å². The van der Waals surface area contributed by atoms with E-state index >= 15 is 0 Å². The Morgan fingerprint density at radius 1 is 1.38 bits per heavy atom. The average Bonchev–Trinajstić information content (AvgIpc) is 2.04. The zero-order valence-electron chi connectivity index (χ0n) is 7.23. The van der Waals surface area contributed by atoms with E-state index in [2.05, 4.69) is 4.74 Å². The average molecular weight is 201 g/mol. The number of methoxy groups -OCH3 is 1. The van der Waals surface area contributed by atoms with Gasteiger partial charge in [0.15, 0.2) is 5.94 Å². The molecule has 0 aliphatic carbocycles. The van der Waals surface area contributed by atoms with Gasteiger partial charge in [-0.3, -0.25) is 0 Å². The third-order valence-electron chi connectivity index (χ3n) is 1.53. The van der Waals surface area contributed by atoms with E-state index < -0.39 is 9.84 Å². The fourth-order valence-corrected chi connectivity index (χ4v) is 2.13. The van der Waals surface area contributed by atoms with Crippen molar-refractivity contribution in [1.82, 2.24) is 0 Å². The first-order valence-electron chi connectivity index (χ1n) is 3.64. The Balaban J connectivity index is 3.15. The molecule has 0 amide bonds. The van der Waals surface area contributed by atoms with Crippen LogP contribution in [0.3, 0.4) is 0 Å². The molecule has 1 rings (SSSR count). The van der Waals surface area contributed by atoms with Gasteiger partial charge >= 0.3 is 0 Å². The van der Waals surface area contributed by atoms with Crippen molar-refractivity contribution in [1.29, 1.82) is 0 Å². The summed E-state index contributed by atoms with van der Waals surface area (Å²) >= 11 is 0. The van der Waals surface area contributed by atoms with Crippen molar-refractivity contribution in [3.63, 3.8) is 0 Å². The highest BCUT2D eigenvalue weighted by Gasteiger charge is 2.15. The van der Waals surface area contributed by atoms with Crippen molar-refractivity contribution >= 4 is 15.5 Å². The summed E-state index contributed by atoms with van der Waals surface area (Å²) in [6, 6.07) is 6.31. The summed E-state index contributed by atoms with van der Waals surface area (Å²) < 4.78 is 27.5. The third kappa shape index (κ3) is 2.19. The molecule has 2 N–H and O–H groups in total. The van der Waals surface area contributed by atoms with E-state index in [4.69, 9.17) is 5.73 Å². The summed E-state index contributed by atoms with van der Waals surface area (Å²) in [6.45, 7) is 0. The maximum absolute atomic E-state index is 11.4. The van der Waals surface area contributed by atoms with Crippen molar-refractivity contribution in [2.75, 3.05) is 18.8 Å². The van der Waals surface area contributed by atoms with Crippen molar-refractivity contribution in [2.24, 2.45) is 0 Å². The number of rotatable bonds is 3. The van der Waals surface area contributed by atoms with Crippen LogP contribution in [0.2, 0.25) is 0 Å². The molecule has 0 aliphatic rings. The molecule has 4 nitrogen and oxygen atoms in total. The number of ether oxygens (including phenoxy) is 1. The number of sulfone groups is 1. The lowest BCUT2D eigenvalue weighted by molar-refractivity contribution is 0.250. The molecule has 0 atom stereocenters. The van der Waals surface area contributed by atoms with Gasteiger partial charge in [-0.05, 0) is 12.1 Å². The van der Waals surface area contributed by atoms with Crippen LogP contribution in [-0.4, -0.2) is 21.5 Å². The molecule has 0 spiro atoms. The maximum atomic E-state index is 11.4. The zero-order valence-corrected chi connectivity index (χ0v) is 8.04. The molecule has 1 aromatic carbocycles. The minimum absolute atomic E-state index is 0.122. The van der Waals surface area contributed by atoms with Crippen LogP contribution >= 0.6 is 0 Å². The van der Waals surface area contributed by atoms with Crippen LogP contribution in [0.4, 0.5) is 5.69 Å². The number of benzene rings is 1. The lowest BCUT2D eigenvalue weighted by atomic mass is 10.3. The van der Waals surface area contributed by atoms with Crippen LogP contribution in [0.25, 0.3) is 0 Å². The normalized spacial score (nSPS) is 11.5. The Morgan fingerprint density at radius 3 is 2.54 bits per heavy atom. The Hall–Kier alpha value is -1.07. The van der Waals surface area contributed by atoms with E-state index in [9.17, 15) is 8.42 Å². The molecule has 0 saturated heterocycles. The Labute approximate surface area is 77.2 Å². The van der Waals surface area contributed by atoms with Crippen LogP contribution in [0.5, 0.6) is 0 Å². The number of nitrogen functional groups attached to an aromatic ring is 1. The highest BCUT2D eigenvalue weighted by Crippen LogP contribution is 2.18. The molecule has 0 saturated carbocycles. The van der Waals surface area contributed by atoms with Gasteiger partial charge in [-0.2, -0.15) is 0 Å². The SMILES string of the molecule is COCS(=O)(=O)c1ccccc1N. The van der Waals surface area contributed by atoms with Crippen LogP contribution in [0.15, 0.2) is 29.2 Å². The molecular weight excluding hydrogens is 190 g/mol. The quantitative estimate of drug-likeness (QED) is 0.729. The first kappa shape index (κ1) is 10.0. The van der Waals surface area contributed by atoms with Crippen molar-refractivity contribution in [3.05, 3.63) is 24.3 Å². The minimum Gasteiger partial charge on any atom is -0.398 e. The second kappa shape index (κ2) is 3.76. The molecule has 0 fully saturated rings. The van der Waals surface area contributed by atoms with E-state index in [0.29, 0.717) is 0 Å². The number of nitrogens with two attached hydrogens (primary N) is 1. The largest absolute Gasteiger partial charge is 0.398 e. The lowest BCUT2D eigenvalue weighted by Crippen LogP contribution is -2.10. The smallest absolute Gasteiger partial charge is 0.204 e.